The number of anilines is 2. The summed E-state index contributed by atoms with van der Waals surface area (Å²) >= 11 is 0. The molecule has 2 aromatic heterocycles. The number of hydrogen-bond acceptors (Lipinski definition) is 7. The number of piperidine rings is 1. The molecule has 9 heteroatoms. The van der Waals surface area contributed by atoms with E-state index in [0.717, 1.165) is 68.0 Å². The summed E-state index contributed by atoms with van der Waals surface area (Å²) in [5.41, 5.74) is 2.87. The number of amides is 1. The molecule has 0 radical (unpaired) electrons. The van der Waals surface area contributed by atoms with Crippen LogP contribution >= 0.6 is 0 Å². The Labute approximate surface area is 198 Å². The minimum Gasteiger partial charge on any atom is -0.462 e. The number of nitrogens with zero attached hydrogens (tertiary/aromatic N) is 5. The van der Waals surface area contributed by atoms with Crippen LogP contribution in [0.15, 0.2) is 30.6 Å². The maximum absolute atomic E-state index is 13.0. The van der Waals surface area contributed by atoms with Crippen LogP contribution in [0.3, 0.4) is 0 Å². The first-order valence-electron chi connectivity index (χ1n) is 12.2. The molecule has 4 heterocycles. The number of benzene rings is 1. The highest BCUT2D eigenvalue weighted by Crippen LogP contribution is 2.29. The minimum atomic E-state index is -0.365. The number of carbonyl (C=O) groups is 2. The molecule has 1 aromatic carbocycles. The summed E-state index contributed by atoms with van der Waals surface area (Å²) in [5.74, 6) is 1.35. The number of rotatable bonds is 5. The quantitative estimate of drug-likeness (QED) is 0.578. The Morgan fingerprint density at radius 1 is 1.09 bits per heavy atom. The number of hydrogen-bond donors (Lipinski definition) is 1. The lowest BCUT2D eigenvalue weighted by molar-refractivity contribution is -0.120. The van der Waals surface area contributed by atoms with Crippen molar-refractivity contribution >= 4 is 34.5 Å². The van der Waals surface area contributed by atoms with E-state index < -0.39 is 0 Å². The molecule has 1 saturated heterocycles. The zero-order valence-corrected chi connectivity index (χ0v) is 19.5. The Kier molecular flexibility index (Phi) is 6.42. The smallest absolute Gasteiger partial charge is 0.338 e. The second-order valence-corrected chi connectivity index (χ2v) is 8.93. The van der Waals surface area contributed by atoms with Crippen LogP contribution in [-0.2, 0) is 22.5 Å². The molecule has 9 nitrogen and oxygen atoms in total. The molecule has 178 valence electrons. The molecule has 0 aliphatic carbocycles. The van der Waals surface area contributed by atoms with E-state index in [2.05, 4.69) is 24.8 Å². The van der Waals surface area contributed by atoms with E-state index >= 15 is 0 Å². The van der Waals surface area contributed by atoms with Crippen molar-refractivity contribution in [2.24, 2.45) is 5.92 Å². The number of fused-ring (bicyclic) bond motifs is 3. The number of aryl methyl sites for hydroxylation is 2. The SMILES string of the molecule is CCOC(=O)c1ccc(NC(=O)[C@H]2CCCN(c3ncnc4c3nc3n4CCCCC3)C2)cc1. The number of esters is 1. The fraction of sp³-hybridized carbons (Fsp3) is 0.480. The molecule has 0 spiro atoms. The number of ether oxygens (including phenoxy) is 1. The van der Waals surface area contributed by atoms with Crippen molar-refractivity contribution in [3.8, 4) is 0 Å². The van der Waals surface area contributed by atoms with Crippen LogP contribution in [0.2, 0.25) is 0 Å². The summed E-state index contributed by atoms with van der Waals surface area (Å²) < 4.78 is 7.25. The van der Waals surface area contributed by atoms with Crippen LogP contribution in [0.5, 0.6) is 0 Å². The first kappa shape index (κ1) is 22.3. The molecule has 0 bridgehead atoms. The molecule has 0 unspecified atom stereocenters. The van der Waals surface area contributed by atoms with Gasteiger partial charge in [-0.25, -0.2) is 19.7 Å². The summed E-state index contributed by atoms with van der Waals surface area (Å²) in [7, 11) is 0. The largest absolute Gasteiger partial charge is 0.462 e. The first-order valence-corrected chi connectivity index (χ1v) is 12.2. The van der Waals surface area contributed by atoms with Gasteiger partial charge in [0.05, 0.1) is 18.1 Å². The third-order valence-electron chi connectivity index (χ3n) is 6.63. The average Bonchev–Trinajstić information content (AvgIpc) is 3.05. The van der Waals surface area contributed by atoms with Gasteiger partial charge >= 0.3 is 5.97 Å². The lowest BCUT2D eigenvalue weighted by Gasteiger charge is -2.32. The van der Waals surface area contributed by atoms with Gasteiger partial charge in [-0.05, 0) is 56.9 Å². The predicted molar refractivity (Wildman–Crippen MR) is 129 cm³/mol. The van der Waals surface area contributed by atoms with E-state index in [1.165, 1.54) is 6.42 Å². The Balaban J connectivity index is 1.30. The Hall–Kier alpha value is -3.49. The van der Waals surface area contributed by atoms with Gasteiger partial charge in [-0.1, -0.05) is 6.42 Å². The van der Waals surface area contributed by atoms with Crippen molar-refractivity contribution in [1.82, 2.24) is 19.5 Å². The maximum Gasteiger partial charge on any atom is 0.338 e. The molecule has 1 fully saturated rings. The fourth-order valence-electron chi connectivity index (χ4n) is 4.89. The van der Waals surface area contributed by atoms with Crippen molar-refractivity contribution in [2.75, 3.05) is 29.9 Å². The molecule has 2 aliphatic heterocycles. The van der Waals surface area contributed by atoms with Crippen LogP contribution in [0.1, 0.15) is 55.2 Å². The summed E-state index contributed by atoms with van der Waals surface area (Å²) in [4.78, 5) is 41.1. The summed E-state index contributed by atoms with van der Waals surface area (Å²) in [6.07, 6.45) is 7.82. The Morgan fingerprint density at radius 3 is 2.76 bits per heavy atom. The molecule has 1 N–H and O–H groups in total. The summed E-state index contributed by atoms with van der Waals surface area (Å²) in [5, 5.41) is 3.00. The van der Waals surface area contributed by atoms with Gasteiger partial charge in [-0.15, -0.1) is 0 Å². The monoisotopic (exact) mass is 462 g/mol. The van der Waals surface area contributed by atoms with Gasteiger partial charge in [0.25, 0.3) is 0 Å². The highest BCUT2D eigenvalue weighted by atomic mass is 16.5. The summed E-state index contributed by atoms with van der Waals surface area (Å²) in [6, 6.07) is 6.80. The van der Waals surface area contributed by atoms with Crippen molar-refractivity contribution < 1.29 is 14.3 Å². The molecular weight excluding hydrogens is 432 g/mol. The summed E-state index contributed by atoms with van der Waals surface area (Å²) in [6.45, 7) is 4.47. The van der Waals surface area contributed by atoms with Gasteiger partial charge in [0.1, 0.15) is 12.2 Å². The van der Waals surface area contributed by atoms with Crippen molar-refractivity contribution in [3.63, 3.8) is 0 Å². The van der Waals surface area contributed by atoms with Crippen LogP contribution in [-0.4, -0.2) is 51.1 Å². The topological polar surface area (TPSA) is 102 Å². The highest BCUT2D eigenvalue weighted by Gasteiger charge is 2.29. The van der Waals surface area contributed by atoms with Gasteiger partial charge in [-0.2, -0.15) is 0 Å². The maximum atomic E-state index is 13.0. The molecule has 1 amide bonds. The van der Waals surface area contributed by atoms with E-state index in [1.807, 2.05) is 0 Å². The van der Waals surface area contributed by atoms with Crippen molar-refractivity contribution in [1.29, 1.82) is 0 Å². The fourth-order valence-corrected chi connectivity index (χ4v) is 4.89. The lowest BCUT2D eigenvalue weighted by atomic mass is 9.97. The number of carbonyl (C=O) groups excluding carboxylic acids is 2. The zero-order chi connectivity index (χ0) is 23.5. The van der Waals surface area contributed by atoms with Gasteiger partial charge < -0.3 is 19.5 Å². The second-order valence-electron chi connectivity index (χ2n) is 8.93. The molecule has 0 saturated carbocycles. The van der Waals surface area contributed by atoms with Crippen LogP contribution < -0.4 is 10.2 Å². The number of aromatic nitrogens is 4. The molecule has 5 rings (SSSR count). The standard InChI is InChI=1S/C25H30N6O3/c1-2-34-25(33)17-9-11-19(12-10-17)28-24(32)18-7-6-13-30(15-18)22-21-23(27-16-26-22)31-14-5-3-4-8-20(31)29-21/h9-12,16,18H,2-8,13-15H2,1H3,(H,28,32)/t18-/m0/s1. The molecule has 3 aromatic rings. The molecular formula is C25H30N6O3. The Morgan fingerprint density at radius 2 is 1.94 bits per heavy atom. The van der Waals surface area contributed by atoms with E-state index in [0.29, 0.717) is 24.4 Å². The van der Waals surface area contributed by atoms with Crippen LogP contribution in [0.4, 0.5) is 11.5 Å². The van der Waals surface area contributed by atoms with Crippen LogP contribution in [0.25, 0.3) is 11.2 Å². The molecule has 34 heavy (non-hydrogen) atoms. The average molecular weight is 463 g/mol. The van der Waals surface area contributed by atoms with Gasteiger partial charge in [0, 0.05) is 31.7 Å². The molecule has 2 aliphatic rings. The highest BCUT2D eigenvalue weighted by molar-refractivity contribution is 5.95. The van der Waals surface area contributed by atoms with E-state index in [-0.39, 0.29) is 17.8 Å². The normalized spacial score (nSPS) is 18.3. The van der Waals surface area contributed by atoms with Gasteiger partial charge in [-0.3, -0.25) is 4.79 Å². The van der Waals surface area contributed by atoms with E-state index in [9.17, 15) is 9.59 Å². The van der Waals surface area contributed by atoms with Gasteiger partial charge in [0.2, 0.25) is 5.91 Å². The second kappa shape index (κ2) is 9.79. The predicted octanol–water partition coefficient (Wildman–Crippen LogP) is 3.58. The van der Waals surface area contributed by atoms with Crippen molar-refractivity contribution in [3.05, 3.63) is 42.0 Å². The number of imidazole rings is 1. The van der Waals surface area contributed by atoms with E-state index in [1.54, 1.807) is 37.5 Å². The Bertz CT molecular complexity index is 1190. The molecule has 1 atom stereocenters. The third kappa shape index (κ3) is 4.47. The minimum absolute atomic E-state index is 0.0282. The zero-order valence-electron chi connectivity index (χ0n) is 19.5. The first-order chi connectivity index (χ1) is 16.6. The van der Waals surface area contributed by atoms with Gasteiger partial charge in [0.15, 0.2) is 17.0 Å². The third-order valence-corrected chi connectivity index (χ3v) is 6.63. The van der Waals surface area contributed by atoms with Crippen molar-refractivity contribution in [2.45, 2.75) is 52.0 Å². The number of nitrogens with one attached hydrogen (secondary N) is 1. The lowest BCUT2D eigenvalue weighted by Crippen LogP contribution is -2.41. The van der Waals surface area contributed by atoms with E-state index in [4.69, 9.17) is 9.72 Å². The van der Waals surface area contributed by atoms with Crippen LogP contribution in [0, 0.1) is 5.92 Å².